The number of hydrogen-bond donors (Lipinski definition) is 1. The van der Waals surface area contributed by atoms with Gasteiger partial charge < -0.3 is 14.8 Å². The van der Waals surface area contributed by atoms with Crippen LogP contribution in [0.1, 0.15) is 19.3 Å². The van der Waals surface area contributed by atoms with Crippen molar-refractivity contribution >= 4 is 40.7 Å². The van der Waals surface area contributed by atoms with E-state index >= 15 is 0 Å². The molecule has 0 bridgehead atoms. The second-order valence-corrected chi connectivity index (χ2v) is 6.43. The Kier molecular flexibility index (Phi) is 7.09. The molecule has 0 aliphatic heterocycles. The summed E-state index contributed by atoms with van der Waals surface area (Å²) in [7, 11) is 0. The molecule has 0 atom stereocenters. The van der Waals surface area contributed by atoms with Crippen LogP contribution in [0.5, 0.6) is 5.75 Å². The van der Waals surface area contributed by atoms with E-state index in [-0.39, 0.29) is 12.5 Å². The molecular formula is C15H18Cl3NO3. The molecule has 0 saturated heterocycles. The second-order valence-electron chi connectivity index (χ2n) is 5.21. The SMILES string of the molecule is O=C(COc1cc(Cl)c(Cl)cc1Cl)NCCCOCC1CC1. The molecule has 1 aromatic rings. The number of rotatable bonds is 9. The molecule has 2 rings (SSSR count). The van der Waals surface area contributed by atoms with Crippen molar-refractivity contribution in [3.8, 4) is 5.75 Å². The quantitative estimate of drug-likeness (QED) is 0.531. The van der Waals surface area contributed by atoms with E-state index < -0.39 is 0 Å². The molecule has 122 valence electrons. The van der Waals surface area contributed by atoms with Gasteiger partial charge in [0.2, 0.25) is 0 Å². The van der Waals surface area contributed by atoms with Gasteiger partial charge in [-0.1, -0.05) is 34.8 Å². The number of halogens is 3. The van der Waals surface area contributed by atoms with Crippen LogP contribution in [0, 0.1) is 5.92 Å². The lowest BCUT2D eigenvalue weighted by Crippen LogP contribution is -2.30. The van der Waals surface area contributed by atoms with E-state index in [9.17, 15) is 4.79 Å². The van der Waals surface area contributed by atoms with E-state index in [0.717, 1.165) is 18.9 Å². The zero-order chi connectivity index (χ0) is 15.9. The third-order valence-corrected chi connectivity index (χ3v) is 4.19. The van der Waals surface area contributed by atoms with E-state index in [2.05, 4.69) is 5.32 Å². The van der Waals surface area contributed by atoms with E-state index in [1.54, 1.807) is 0 Å². The van der Waals surface area contributed by atoms with Gasteiger partial charge in [-0.05, 0) is 31.2 Å². The van der Waals surface area contributed by atoms with Gasteiger partial charge in [0.15, 0.2) is 6.61 Å². The molecule has 0 heterocycles. The van der Waals surface area contributed by atoms with E-state index in [1.165, 1.54) is 25.0 Å². The molecule has 0 spiro atoms. The molecule has 4 nitrogen and oxygen atoms in total. The Bertz CT molecular complexity index is 521. The first-order valence-electron chi connectivity index (χ1n) is 7.18. The van der Waals surface area contributed by atoms with Gasteiger partial charge >= 0.3 is 0 Å². The van der Waals surface area contributed by atoms with Gasteiger partial charge in [0.05, 0.1) is 15.1 Å². The summed E-state index contributed by atoms with van der Waals surface area (Å²) in [5.41, 5.74) is 0. The fourth-order valence-corrected chi connectivity index (χ4v) is 2.34. The number of carbonyl (C=O) groups excluding carboxylic acids is 1. The molecule has 1 amide bonds. The smallest absolute Gasteiger partial charge is 0.257 e. The first kappa shape index (κ1) is 17.7. The summed E-state index contributed by atoms with van der Waals surface area (Å²) in [6.45, 7) is 1.94. The van der Waals surface area contributed by atoms with Crippen LogP contribution >= 0.6 is 34.8 Å². The Balaban J connectivity index is 1.59. The van der Waals surface area contributed by atoms with Crippen molar-refractivity contribution in [2.45, 2.75) is 19.3 Å². The maximum absolute atomic E-state index is 11.7. The zero-order valence-electron chi connectivity index (χ0n) is 12.0. The maximum Gasteiger partial charge on any atom is 0.257 e. The summed E-state index contributed by atoms with van der Waals surface area (Å²) in [4.78, 5) is 11.7. The van der Waals surface area contributed by atoms with Crippen molar-refractivity contribution in [3.05, 3.63) is 27.2 Å². The summed E-state index contributed by atoms with van der Waals surface area (Å²) in [5, 5.41) is 3.74. The molecule has 0 radical (unpaired) electrons. The maximum atomic E-state index is 11.7. The van der Waals surface area contributed by atoms with Crippen LogP contribution in [-0.2, 0) is 9.53 Å². The van der Waals surface area contributed by atoms with Crippen LogP contribution in [0.4, 0.5) is 0 Å². The highest BCUT2D eigenvalue weighted by molar-refractivity contribution is 6.43. The van der Waals surface area contributed by atoms with Crippen LogP contribution in [0.3, 0.4) is 0 Å². The van der Waals surface area contributed by atoms with E-state index in [1.807, 2.05) is 0 Å². The van der Waals surface area contributed by atoms with Crippen LogP contribution in [-0.4, -0.2) is 32.3 Å². The van der Waals surface area contributed by atoms with Gasteiger partial charge in [-0.15, -0.1) is 0 Å². The minimum Gasteiger partial charge on any atom is -0.482 e. The van der Waals surface area contributed by atoms with Crippen molar-refractivity contribution in [1.82, 2.24) is 5.32 Å². The van der Waals surface area contributed by atoms with Crippen LogP contribution in [0.15, 0.2) is 12.1 Å². The van der Waals surface area contributed by atoms with Gasteiger partial charge in [0.1, 0.15) is 5.75 Å². The minimum absolute atomic E-state index is 0.124. The zero-order valence-corrected chi connectivity index (χ0v) is 14.3. The fraction of sp³-hybridized carbons (Fsp3) is 0.533. The van der Waals surface area contributed by atoms with Crippen molar-refractivity contribution in [2.24, 2.45) is 5.92 Å². The molecule has 1 aliphatic rings. The van der Waals surface area contributed by atoms with Gasteiger partial charge in [-0.25, -0.2) is 0 Å². The van der Waals surface area contributed by atoms with Gasteiger partial charge in [0, 0.05) is 25.8 Å². The van der Waals surface area contributed by atoms with Gasteiger partial charge in [-0.3, -0.25) is 4.79 Å². The normalized spacial score (nSPS) is 14.0. The summed E-state index contributed by atoms with van der Waals surface area (Å²) in [5.74, 6) is 0.877. The molecule has 1 aromatic carbocycles. The van der Waals surface area contributed by atoms with Crippen molar-refractivity contribution in [3.63, 3.8) is 0 Å². The Morgan fingerprint density at radius 1 is 1.18 bits per heavy atom. The molecule has 1 fully saturated rings. The highest BCUT2D eigenvalue weighted by atomic mass is 35.5. The average Bonchev–Trinajstić information content (AvgIpc) is 3.29. The Morgan fingerprint density at radius 3 is 2.64 bits per heavy atom. The third-order valence-electron chi connectivity index (χ3n) is 3.17. The topological polar surface area (TPSA) is 47.6 Å². The van der Waals surface area contributed by atoms with Crippen LogP contribution in [0.2, 0.25) is 15.1 Å². The molecule has 0 unspecified atom stereocenters. The number of amides is 1. The summed E-state index contributed by atoms with van der Waals surface area (Å²) >= 11 is 17.7. The van der Waals surface area contributed by atoms with Crippen molar-refractivity contribution in [1.29, 1.82) is 0 Å². The first-order chi connectivity index (χ1) is 10.6. The predicted octanol–water partition coefficient (Wildman–Crippen LogP) is 3.96. The Morgan fingerprint density at radius 2 is 1.91 bits per heavy atom. The number of nitrogens with one attached hydrogen (secondary N) is 1. The van der Waals surface area contributed by atoms with Crippen LogP contribution < -0.4 is 10.1 Å². The van der Waals surface area contributed by atoms with E-state index in [4.69, 9.17) is 44.3 Å². The molecule has 22 heavy (non-hydrogen) atoms. The highest BCUT2D eigenvalue weighted by Gasteiger charge is 2.20. The lowest BCUT2D eigenvalue weighted by molar-refractivity contribution is -0.123. The second kappa shape index (κ2) is 8.82. The Labute approximate surface area is 145 Å². The largest absolute Gasteiger partial charge is 0.482 e. The van der Waals surface area contributed by atoms with Gasteiger partial charge in [0.25, 0.3) is 5.91 Å². The summed E-state index contributed by atoms with van der Waals surface area (Å²) in [6.07, 6.45) is 3.35. The van der Waals surface area contributed by atoms with Gasteiger partial charge in [-0.2, -0.15) is 0 Å². The third kappa shape index (κ3) is 6.21. The van der Waals surface area contributed by atoms with Crippen LogP contribution in [0.25, 0.3) is 0 Å². The summed E-state index contributed by atoms with van der Waals surface area (Å²) in [6, 6.07) is 2.97. The molecule has 7 heteroatoms. The number of benzene rings is 1. The number of carbonyl (C=O) groups is 1. The Hall–Kier alpha value is -0.680. The average molecular weight is 367 g/mol. The minimum atomic E-state index is -0.218. The predicted molar refractivity (Wildman–Crippen MR) is 88.1 cm³/mol. The molecule has 1 saturated carbocycles. The highest BCUT2D eigenvalue weighted by Crippen LogP contribution is 2.33. The first-order valence-corrected chi connectivity index (χ1v) is 8.31. The lowest BCUT2D eigenvalue weighted by atomic mass is 10.3. The standard InChI is InChI=1S/C15H18Cl3NO3/c16-11-6-13(18)14(7-12(11)17)22-9-15(20)19-4-1-5-21-8-10-2-3-10/h6-7,10H,1-5,8-9H2,(H,19,20). The monoisotopic (exact) mass is 365 g/mol. The fourth-order valence-electron chi connectivity index (χ4n) is 1.75. The lowest BCUT2D eigenvalue weighted by Gasteiger charge is -2.10. The van der Waals surface area contributed by atoms with Crippen molar-refractivity contribution in [2.75, 3.05) is 26.4 Å². The molecule has 0 aromatic heterocycles. The van der Waals surface area contributed by atoms with Crippen molar-refractivity contribution < 1.29 is 14.3 Å². The molecule has 1 aliphatic carbocycles. The number of hydrogen-bond acceptors (Lipinski definition) is 3. The number of ether oxygens (including phenoxy) is 2. The molecule has 1 N–H and O–H groups in total. The summed E-state index contributed by atoms with van der Waals surface area (Å²) < 4.78 is 10.8. The van der Waals surface area contributed by atoms with E-state index in [0.29, 0.717) is 34.0 Å². The molecular weight excluding hydrogens is 349 g/mol.